The van der Waals surface area contributed by atoms with Crippen LogP contribution in [0.5, 0.6) is 5.88 Å². The SMILES string of the molecule is Cc1cc(C)n(-c2ccc(CCC(=O)NCc3ccc(OC(C)C)nc3)cc2)n1. The fourth-order valence-electron chi connectivity index (χ4n) is 3.07. The Morgan fingerprint density at radius 1 is 1.10 bits per heavy atom. The number of aryl methyl sites for hydroxylation is 3. The number of nitrogens with zero attached hydrogens (tertiary/aromatic N) is 3. The predicted octanol–water partition coefficient (Wildman–Crippen LogP) is 3.92. The molecule has 1 aromatic carbocycles. The van der Waals surface area contributed by atoms with E-state index >= 15 is 0 Å². The van der Waals surface area contributed by atoms with Crippen molar-refractivity contribution in [2.45, 2.75) is 53.2 Å². The number of hydrogen-bond donors (Lipinski definition) is 1. The van der Waals surface area contributed by atoms with Crippen LogP contribution in [0.2, 0.25) is 0 Å². The van der Waals surface area contributed by atoms with Crippen LogP contribution in [0.1, 0.15) is 42.8 Å². The Labute approximate surface area is 171 Å². The zero-order valence-corrected chi connectivity index (χ0v) is 17.5. The summed E-state index contributed by atoms with van der Waals surface area (Å²) >= 11 is 0. The third-order valence-corrected chi connectivity index (χ3v) is 4.47. The molecule has 3 rings (SSSR count). The summed E-state index contributed by atoms with van der Waals surface area (Å²) in [6.07, 6.45) is 2.97. The molecule has 1 amide bonds. The number of hydrogen-bond acceptors (Lipinski definition) is 4. The maximum atomic E-state index is 12.2. The van der Waals surface area contributed by atoms with Gasteiger partial charge in [-0.1, -0.05) is 18.2 Å². The van der Waals surface area contributed by atoms with Crippen molar-refractivity contribution in [3.05, 3.63) is 71.2 Å². The molecule has 2 aromatic heterocycles. The molecule has 0 saturated carbocycles. The summed E-state index contributed by atoms with van der Waals surface area (Å²) in [6.45, 7) is 8.41. The number of pyridine rings is 1. The van der Waals surface area contributed by atoms with Crippen LogP contribution in [0, 0.1) is 13.8 Å². The number of carbonyl (C=O) groups excluding carboxylic acids is 1. The van der Waals surface area contributed by atoms with Crippen LogP contribution in [-0.4, -0.2) is 26.8 Å². The van der Waals surface area contributed by atoms with E-state index in [1.54, 1.807) is 6.20 Å². The first-order chi connectivity index (χ1) is 13.9. The summed E-state index contributed by atoms with van der Waals surface area (Å²) in [5.74, 6) is 0.620. The summed E-state index contributed by atoms with van der Waals surface area (Å²) in [5.41, 5.74) is 5.21. The molecule has 0 unspecified atom stereocenters. The van der Waals surface area contributed by atoms with Gasteiger partial charge >= 0.3 is 0 Å². The molecule has 0 aliphatic carbocycles. The maximum absolute atomic E-state index is 12.2. The van der Waals surface area contributed by atoms with Gasteiger partial charge in [0.2, 0.25) is 11.8 Å². The zero-order valence-electron chi connectivity index (χ0n) is 17.5. The molecule has 29 heavy (non-hydrogen) atoms. The number of nitrogens with one attached hydrogen (secondary N) is 1. The van der Waals surface area contributed by atoms with Crippen molar-refractivity contribution in [2.24, 2.45) is 0 Å². The smallest absolute Gasteiger partial charge is 0.220 e. The fourth-order valence-corrected chi connectivity index (χ4v) is 3.07. The minimum Gasteiger partial charge on any atom is -0.475 e. The standard InChI is InChI=1S/C23H28N4O2/c1-16(2)29-23-12-8-20(15-25-23)14-24-22(28)11-7-19-5-9-21(10-6-19)27-18(4)13-17(3)26-27/h5-6,8-10,12-13,15-16H,7,11,14H2,1-4H3,(H,24,28). The third-order valence-electron chi connectivity index (χ3n) is 4.47. The zero-order chi connectivity index (χ0) is 20.8. The summed E-state index contributed by atoms with van der Waals surface area (Å²) in [7, 11) is 0. The molecule has 152 valence electrons. The van der Waals surface area contributed by atoms with Crippen LogP contribution in [0.15, 0.2) is 48.7 Å². The number of ether oxygens (including phenoxy) is 1. The lowest BCUT2D eigenvalue weighted by molar-refractivity contribution is -0.121. The number of rotatable bonds is 8. The van der Waals surface area contributed by atoms with Gasteiger partial charge in [0.15, 0.2) is 0 Å². The van der Waals surface area contributed by atoms with E-state index in [1.165, 1.54) is 0 Å². The lowest BCUT2D eigenvalue weighted by atomic mass is 10.1. The van der Waals surface area contributed by atoms with Gasteiger partial charge in [-0.3, -0.25) is 4.79 Å². The second-order valence-electron chi connectivity index (χ2n) is 7.45. The van der Waals surface area contributed by atoms with Crippen LogP contribution in [0.4, 0.5) is 0 Å². The molecule has 0 fully saturated rings. The predicted molar refractivity (Wildman–Crippen MR) is 113 cm³/mol. The Hall–Kier alpha value is -3.15. The van der Waals surface area contributed by atoms with E-state index in [-0.39, 0.29) is 12.0 Å². The maximum Gasteiger partial charge on any atom is 0.220 e. The van der Waals surface area contributed by atoms with Crippen molar-refractivity contribution in [1.82, 2.24) is 20.1 Å². The normalized spacial score (nSPS) is 10.9. The molecule has 0 spiro atoms. The second kappa shape index (κ2) is 9.37. The molecule has 0 aliphatic rings. The Morgan fingerprint density at radius 2 is 1.83 bits per heavy atom. The average Bonchev–Trinajstić information content (AvgIpc) is 3.04. The first kappa shape index (κ1) is 20.6. The van der Waals surface area contributed by atoms with Crippen LogP contribution in [-0.2, 0) is 17.8 Å². The van der Waals surface area contributed by atoms with E-state index in [4.69, 9.17) is 4.74 Å². The number of amides is 1. The average molecular weight is 393 g/mol. The number of benzene rings is 1. The number of aromatic nitrogens is 3. The highest BCUT2D eigenvalue weighted by Crippen LogP contribution is 2.14. The van der Waals surface area contributed by atoms with Crippen molar-refractivity contribution in [1.29, 1.82) is 0 Å². The van der Waals surface area contributed by atoms with Gasteiger partial charge in [0.05, 0.1) is 17.5 Å². The summed E-state index contributed by atoms with van der Waals surface area (Å²) < 4.78 is 7.45. The first-order valence-corrected chi connectivity index (χ1v) is 9.91. The summed E-state index contributed by atoms with van der Waals surface area (Å²) in [5, 5.41) is 7.44. The first-order valence-electron chi connectivity index (χ1n) is 9.91. The molecule has 0 atom stereocenters. The molecular formula is C23H28N4O2. The Bertz CT molecular complexity index is 944. The van der Waals surface area contributed by atoms with Gasteiger partial charge in [-0.2, -0.15) is 5.10 Å². The van der Waals surface area contributed by atoms with Gasteiger partial charge in [0, 0.05) is 30.9 Å². The topological polar surface area (TPSA) is 69.0 Å². The van der Waals surface area contributed by atoms with Gasteiger partial charge in [-0.25, -0.2) is 9.67 Å². The summed E-state index contributed by atoms with van der Waals surface area (Å²) in [4.78, 5) is 16.4. The highest BCUT2D eigenvalue weighted by molar-refractivity contribution is 5.76. The van der Waals surface area contributed by atoms with Gasteiger partial charge in [-0.05, 0) is 63.4 Å². The minimum atomic E-state index is 0.0233. The van der Waals surface area contributed by atoms with Gasteiger partial charge < -0.3 is 10.1 Å². The van der Waals surface area contributed by atoms with Crippen LogP contribution < -0.4 is 10.1 Å². The van der Waals surface area contributed by atoms with Gasteiger partial charge in [-0.15, -0.1) is 0 Å². The van der Waals surface area contributed by atoms with Crippen molar-refractivity contribution in [2.75, 3.05) is 0 Å². The van der Waals surface area contributed by atoms with E-state index in [9.17, 15) is 4.79 Å². The van der Waals surface area contributed by atoms with Crippen LogP contribution in [0.25, 0.3) is 5.69 Å². The van der Waals surface area contributed by atoms with E-state index in [0.717, 1.165) is 28.2 Å². The Balaban J connectivity index is 1.46. The molecule has 3 aromatic rings. The minimum absolute atomic E-state index is 0.0233. The van der Waals surface area contributed by atoms with E-state index in [2.05, 4.69) is 33.6 Å². The molecule has 1 N–H and O–H groups in total. The molecule has 0 aliphatic heterocycles. The van der Waals surface area contributed by atoms with Crippen molar-refractivity contribution in [3.8, 4) is 11.6 Å². The van der Waals surface area contributed by atoms with E-state index < -0.39 is 0 Å². The number of carbonyl (C=O) groups is 1. The second-order valence-corrected chi connectivity index (χ2v) is 7.45. The van der Waals surface area contributed by atoms with Crippen molar-refractivity contribution < 1.29 is 9.53 Å². The summed E-state index contributed by atoms with van der Waals surface area (Å²) in [6, 6.07) is 14.0. The Morgan fingerprint density at radius 3 is 2.41 bits per heavy atom. The van der Waals surface area contributed by atoms with Crippen LogP contribution >= 0.6 is 0 Å². The highest BCUT2D eigenvalue weighted by Gasteiger charge is 2.06. The van der Waals surface area contributed by atoms with E-state index in [0.29, 0.717) is 25.3 Å². The third kappa shape index (κ3) is 5.91. The largest absolute Gasteiger partial charge is 0.475 e. The molecule has 6 heteroatoms. The molecule has 0 bridgehead atoms. The highest BCUT2D eigenvalue weighted by atomic mass is 16.5. The molecule has 0 radical (unpaired) electrons. The van der Waals surface area contributed by atoms with Crippen molar-refractivity contribution >= 4 is 5.91 Å². The monoisotopic (exact) mass is 392 g/mol. The van der Waals surface area contributed by atoms with Crippen LogP contribution in [0.3, 0.4) is 0 Å². The molecule has 2 heterocycles. The van der Waals surface area contributed by atoms with Gasteiger partial charge in [0.25, 0.3) is 0 Å². The molecular weight excluding hydrogens is 364 g/mol. The lowest BCUT2D eigenvalue weighted by Crippen LogP contribution is -2.23. The van der Waals surface area contributed by atoms with E-state index in [1.807, 2.05) is 56.6 Å². The van der Waals surface area contributed by atoms with Crippen molar-refractivity contribution in [3.63, 3.8) is 0 Å². The quantitative estimate of drug-likeness (QED) is 0.631. The fraction of sp³-hybridized carbons (Fsp3) is 0.348. The van der Waals surface area contributed by atoms with Gasteiger partial charge in [0.1, 0.15) is 0 Å². The lowest BCUT2D eigenvalue weighted by Gasteiger charge is -2.09. The Kier molecular flexibility index (Phi) is 6.65. The molecule has 0 saturated heterocycles. The molecule has 6 nitrogen and oxygen atoms in total.